The minimum Gasteiger partial charge on any atom is -0.444 e. The lowest BCUT2D eigenvalue weighted by molar-refractivity contribution is 0.0522. The van der Waals surface area contributed by atoms with E-state index >= 15 is 0 Å². The number of aryl methyl sites for hydroxylation is 1. The maximum absolute atomic E-state index is 11.7. The number of carbonyl (C=O) groups excluding carboxylic acids is 1. The highest BCUT2D eigenvalue weighted by Gasteiger charge is 2.21. The summed E-state index contributed by atoms with van der Waals surface area (Å²) < 4.78 is 5.26. The van der Waals surface area contributed by atoms with Gasteiger partial charge in [0.15, 0.2) is 0 Å². The van der Waals surface area contributed by atoms with E-state index in [0.717, 1.165) is 6.42 Å². The molecule has 0 radical (unpaired) electrons. The van der Waals surface area contributed by atoms with Crippen LogP contribution in [0.1, 0.15) is 57.7 Å². The van der Waals surface area contributed by atoms with Gasteiger partial charge in [-0.3, -0.25) is 0 Å². The van der Waals surface area contributed by atoms with Crippen LogP contribution in [0.25, 0.3) is 0 Å². The lowest BCUT2D eigenvalue weighted by Gasteiger charge is -2.29. The third-order valence-corrected chi connectivity index (χ3v) is 3.81. The molecule has 22 heavy (non-hydrogen) atoms. The van der Waals surface area contributed by atoms with Crippen molar-refractivity contribution in [3.63, 3.8) is 0 Å². The Morgan fingerprint density at radius 1 is 1.36 bits per heavy atom. The van der Waals surface area contributed by atoms with E-state index in [-0.39, 0.29) is 12.1 Å². The van der Waals surface area contributed by atoms with Crippen molar-refractivity contribution in [1.29, 1.82) is 0 Å². The van der Waals surface area contributed by atoms with Gasteiger partial charge in [0.25, 0.3) is 0 Å². The molecule has 0 aliphatic heterocycles. The number of hydrogen-bond acceptors (Lipinski definition) is 3. The molecule has 0 aromatic heterocycles. The Labute approximate surface area is 133 Å². The first-order valence-corrected chi connectivity index (χ1v) is 8.16. The number of hydrogen-bond donors (Lipinski definition) is 2. The zero-order valence-electron chi connectivity index (χ0n) is 14.1. The van der Waals surface area contributed by atoms with Crippen molar-refractivity contribution in [3.05, 3.63) is 35.4 Å². The Bertz CT molecular complexity index is 508. The molecule has 0 spiro atoms. The quantitative estimate of drug-likeness (QED) is 0.894. The van der Waals surface area contributed by atoms with Crippen molar-refractivity contribution in [2.45, 2.75) is 64.6 Å². The third-order valence-electron chi connectivity index (χ3n) is 3.81. The average molecular weight is 304 g/mol. The minimum atomic E-state index is -0.455. The zero-order chi connectivity index (χ0) is 16.2. The van der Waals surface area contributed by atoms with E-state index in [1.165, 1.54) is 24.0 Å². The van der Waals surface area contributed by atoms with Gasteiger partial charge < -0.3 is 15.4 Å². The van der Waals surface area contributed by atoms with Crippen molar-refractivity contribution >= 4 is 6.09 Å². The van der Waals surface area contributed by atoms with Crippen LogP contribution in [-0.2, 0) is 11.2 Å². The van der Waals surface area contributed by atoms with E-state index in [4.69, 9.17) is 4.74 Å². The molecule has 0 saturated carbocycles. The summed E-state index contributed by atoms with van der Waals surface area (Å²) in [4.78, 5) is 11.7. The molecule has 2 N–H and O–H groups in total. The van der Waals surface area contributed by atoms with E-state index in [2.05, 4.69) is 41.8 Å². The van der Waals surface area contributed by atoms with Gasteiger partial charge in [-0.2, -0.15) is 0 Å². The monoisotopic (exact) mass is 304 g/mol. The molecule has 1 aliphatic carbocycles. The van der Waals surface area contributed by atoms with Crippen LogP contribution >= 0.6 is 0 Å². The average Bonchev–Trinajstić information content (AvgIpc) is 2.44. The molecule has 1 amide bonds. The minimum absolute atomic E-state index is 0.198. The molecular weight excluding hydrogens is 276 g/mol. The molecule has 0 bridgehead atoms. The van der Waals surface area contributed by atoms with Crippen LogP contribution in [0.3, 0.4) is 0 Å². The number of fused-ring (bicyclic) bond motifs is 1. The van der Waals surface area contributed by atoms with Crippen LogP contribution in [0.15, 0.2) is 24.3 Å². The summed E-state index contributed by atoms with van der Waals surface area (Å²) in [6, 6.07) is 9.20. The highest BCUT2D eigenvalue weighted by Crippen LogP contribution is 2.29. The summed E-state index contributed by atoms with van der Waals surface area (Å²) in [5, 5.41) is 6.45. The van der Waals surface area contributed by atoms with Crippen molar-refractivity contribution < 1.29 is 9.53 Å². The maximum Gasteiger partial charge on any atom is 0.407 e. The number of ether oxygens (including phenoxy) is 1. The summed E-state index contributed by atoms with van der Waals surface area (Å²) in [6.45, 7) is 8.26. The predicted octanol–water partition coefficient (Wildman–Crippen LogP) is 3.57. The summed E-state index contributed by atoms with van der Waals surface area (Å²) in [7, 11) is 0. The summed E-state index contributed by atoms with van der Waals surface area (Å²) in [5.74, 6) is 0. The summed E-state index contributed by atoms with van der Waals surface area (Å²) in [6.07, 6.45) is 3.17. The molecule has 2 unspecified atom stereocenters. The fourth-order valence-electron chi connectivity index (χ4n) is 2.88. The van der Waals surface area contributed by atoms with Gasteiger partial charge in [-0.1, -0.05) is 24.3 Å². The molecule has 4 nitrogen and oxygen atoms in total. The number of amides is 1. The summed E-state index contributed by atoms with van der Waals surface area (Å²) >= 11 is 0. The molecule has 122 valence electrons. The van der Waals surface area contributed by atoms with Gasteiger partial charge in [-0.15, -0.1) is 0 Å². The zero-order valence-corrected chi connectivity index (χ0v) is 14.1. The number of nitrogens with one attached hydrogen (secondary N) is 2. The van der Waals surface area contributed by atoms with E-state index in [0.29, 0.717) is 12.6 Å². The van der Waals surface area contributed by atoms with Gasteiger partial charge in [-0.25, -0.2) is 4.79 Å². The second kappa shape index (κ2) is 7.14. The van der Waals surface area contributed by atoms with Crippen LogP contribution in [0.5, 0.6) is 0 Å². The van der Waals surface area contributed by atoms with Crippen LogP contribution < -0.4 is 10.6 Å². The smallest absolute Gasteiger partial charge is 0.407 e. The first-order valence-electron chi connectivity index (χ1n) is 8.16. The second-order valence-corrected chi connectivity index (χ2v) is 7.09. The molecule has 2 atom stereocenters. The van der Waals surface area contributed by atoms with E-state index < -0.39 is 5.60 Å². The van der Waals surface area contributed by atoms with Crippen molar-refractivity contribution in [2.75, 3.05) is 6.54 Å². The standard InChI is InChI=1S/C18H28N2O2/c1-13(12-19-17(21)22-18(2,3)4)20-16-11-7-9-14-8-5-6-10-15(14)16/h5-6,8,10,13,16,20H,7,9,11-12H2,1-4H3,(H,19,21). The van der Waals surface area contributed by atoms with Crippen LogP contribution in [0, 0.1) is 0 Å². The van der Waals surface area contributed by atoms with Gasteiger partial charge in [0.2, 0.25) is 0 Å². The Morgan fingerprint density at radius 2 is 2.09 bits per heavy atom. The van der Waals surface area contributed by atoms with E-state index in [1.807, 2.05) is 20.8 Å². The molecule has 1 aliphatic rings. The van der Waals surface area contributed by atoms with Gasteiger partial charge in [0.05, 0.1) is 0 Å². The number of benzene rings is 1. The van der Waals surface area contributed by atoms with Crippen LogP contribution in [0.4, 0.5) is 4.79 Å². The third kappa shape index (κ3) is 5.02. The highest BCUT2D eigenvalue weighted by atomic mass is 16.6. The van der Waals surface area contributed by atoms with Crippen molar-refractivity contribution in [2.24, 2.45) is 0 Å². The highest BCUT2D eigenvalue weighted by molar-refractivity contribution is 5.67. The van der Waals surface area contributed by atoms with Crippen LogP contribution in [-0.4, -0.2) is 24.3 Å². The van der Waals surface area contributed by atoms with Crippen molar-refractivity contribution in [1.82, 2.24) is 10.6 Å². The van der Waals surface area contributed by atoms with Gasteiger partial charge in [0.1, 0.15) is 5.60 Å². The maximum atomic E-state index is 11.7. The molecule has 0 heterocycles. The number of carbonyl (C=O) groups is 1. The Morgan fingerprint density at radius 3 is 2.82 bits per heavy atom. The second-order valence-electron chi connectivity index (χ2n) is 7.09. The number of rotatable bonds is 4. The molecule has 2 rings (SSSR count). The van der Waals surface area contributed by atoms with Gasteiger partial charge >= 0.3 is 6.09 Å². The van der Waals surface area contributed by atoms with Crippen LogP contribution in [0.2, 0.25) is 0 Å². The predicted molar refractivity (Wildman–Crippen MR) is 89.0 cm³/mol. The molecular formula is C18H28N2O2. The Balaban J connectivity index is 1.83. The molecule has 1 aromatic carbocycles. The topological polar surface area (TPSA) is 50.4 Å². The van der Waals surface area contributed by atoms with Gasteiger partial charge in [-0.05, 0) is 58.1 Å². The largest absolute Gasteiger partial charge is 0.444 e. The summed E-state index contributed by atoms with van der Waals surface area (Å²) in [5.41, 5.74) is 2.39. The molecule has 4 heteroatoms. The lowest BCUT2D eigenvalue weighted by atomic mass is 9.87. The normalized spacial score (nSPS) is 19.2. The SMILES string of the molecule is CC(CNC(=O)OC(C)(C)C)NC1CCCc2ccccc21. The molecule has 0 fully saturated rings. The first kappa shape index (κ1) is 16.8. The lowest BCUT2D eigenvalue weighted by Crippen LogP contribution is -2.43. The van der Waals surface area contributed by atoms with Crippen molar-refractivity contribution in [3.8, 4) is 0 Å². The fourth-order valence-corrected chi connectivity index (χ4v) is 2.88. The Kier molecular flexibility index (Phi) is 5.46. The van der Waals surface area contributed by atoms with E-state index in [9.17, 15) is 4.79 Å². The van der Waals surface area contributed by atoms with E-state index in [1.54, 1.807) is 0 Å². The fraction of sp³-hybridized carbons (Fsp3) is 0.611. The number of alkyl carbamates (subject to hydrolysis) is 1. The molecule has 0 saturated heterocycles. The Hall–Kier alpha value is -1.55. The van der Waals surface area contributed by atoms with Gasteiger partial charge in [0, 0.05) is 18.6 Å². The molecule has 1 aromatic rings. The first-order chi connectivity index (χ1) is 10.3.